The van der Waals surface area contributed by atoms with Crippen LogP contribution in [-0.4, -0.2) is 25.6 Å². The zero-order valence-corrected chi connectivity index (χ0v) is 9.01. The van der Waals surface area contributed by atoms with Crippen LogP contribution in [0.2, 0.25) is 0 Å². The third-order valence-electron chi connectivity index (χ3n) is 1.74. The van der Waals surface area contributed by atoms with E-state index in [1.807, 2.05) is 0 Å². The first kappa shape index (κ1) is 10.7. The number of rotatable bonds is 3. The fourth-order valence-electron chi connectivity index (χ4n) is 1.09. The van der Waals surface area contributed by atoms with Crippen molar-refractivity contribution in [3.8, 4) is 0 Å². The molecule has 2 aromatic rings. The summed E-state index contributed by atoms with van der Waals surface area (Å²) >= 11 is -1.66. The topological polar surface area (TPSA) is 83.3 Å². The maximum atomic E-state index is 11.7. The third-order valence-corrected chi connectivity index (χ3v) is 1.99. The van der Waals surface area contributed by atoms with Crippen molar-refractivity contribution in [3.05, 3.63) is 34.6 Å². The predicted octanol–water partition coefficient (Wildman–Crippen LogP) is -0.555. The Morgan fingerprint density at radius 1 is 1.38 bits per heavy atom. The summed E-state index contributed by atoms with van der Waals surface area (Å²) < 4.78 is 14.9. The summed E-state index contributed by atoms with van der Waals surface area (Å²) in [7, 11) is 0. The van der Waals surface area contributed by atoms with Crippen LogP contribution in [0.15, 0.2) is 29.1 Å². The highest BCUT2D eigenvalue weighted by Gasteiger charge is 2.06. The monoisotopic (exact) mass is 241 g/mol. The van der Waals surface area contributed by atoms with E-state index in [1.165, 1.54) is 6.26 Å². The van der Waals surface area contributed by atoms with Gasteiger partial charge in [0.15, 0.2) is 11.1 Å². The molecule has 1 heterocycles. The fraction of sp³-hybridized carbons (Fsp3) is 0.125. The first-order chi connectivity index (χ1) is 7.68. The molecule has 2 rings (SSSR count). The van der Waals surface area contributed by atoms with Gasteiger partial charge in [0.1, 0.15) is 5.52 Å². The van der Waals surface area contributed by atoms with Gasteiger partial charge in [0, 0.05) is 11.1 Å². The van der Waals surface area contributed by atoms with E-state index in [9.17, 15) is 9.00 Å². The van der Waals surface area contributed by atoms with E-state index in [0.717, 1.165) is 0 Å². The first-order valence-electron chi connectivity index (χ1n) is 4.22. The summed E-state index contributed by atoms with van der Waals surface area (Å²) in [5.41, 5.74) is -0.0824. The Morgan fingerprint density at radius 3 is 2.88 bits per heavy atom. The summed E-state index contributed by atoms with van der Waals surface area (Å²) in [5.74, 6) is 0. The van der Waals surface area contributed by atoms with Crippen LogP contribution in [0.4, 0.5) is 0 Å². The summed E-state index contributed by atoms with van der Waals surface area (Å²) in [4.78, 5) is 16.7. The lowest BCUT2D eigenvalue weighted by atomic mass is 10.2. The van der Waals surface area contributed by atoms with Crippen molar-refractivity contribution in [1.82, 2.24) is 15.2 Å². The van der Waals surface area contributed by atoms with Gasteiger partial charge in [-0.3, -0.25) is 4.79 Å². The maximum absolute atomic E-state index is 11.7. The molecule has 0 aliphatic rings. The molecular formula is C8H7N3O4S. The number of hydrogen-bond donors (Lipinski definition) is 0. The van der Waals surface area contributed by atoms with Crippen LogP contribution in [0.3, 0.4) is 0 Å². The Kier molecular flexibility index (Phi) is 2.93. The molecule has 0 aliphatic heterocycles. The van der Waals surface area contributed by atoms with Gasteiger partial charge in [0.05, 0.1) is 5.39 Å². The highest BCUT2D eigenvalue weighted by molar-refractivity contribution is 7.79. The SMILES string of the molecule is CS(=O)OOn1nnc2ccccc2c1=O. The maximum Gasteiger partial charge on any atom is 0.318 e. The minimum atomic E-state index is -1.66. The number of fused-ring (bicyclic) bond motifs is 1. The smallest absolute Gasteiger partial charge is 0.263 e. The van der Waals surface area contributed by atoms with Crippen LogP contribution in [-0.2, 0) is 15.4 Å². The van der Waals surface area contributed by atoms with E-state index in [-0.39, 0.29) is 0 Å². The molecule has 1 unspecified atom stereocenters. The Hall–Kier alpha value is -1.80. The lowest BCUT2D eigenvalue weighted by Crippen LogP contribution is -2.30. The van der Waals surface area contributed by atoms with E-state index < -0.39 is 16.6 Å². The van der Waals surface area contributed by atoms with Crippen molar-refractivity contribution in [2.75, 3.05) is 6.26 Å². The van der Waals surface area contributed by atoms with Crippen LogP contribution in [0, 0.1) is 0 Å². The molecule has 0 fully saturated rings. The summed E-state index contributed by atoms with van der Waals surface area (Å²) in [6.07, 6.45) is 1.25. The van der Waals surface area contributed by atoms with Crippen LogP contribution < -0.4 is 10.5 Å². The van der Waals surface area contributed by atoms with E-state index in [2.05, 4.69) is 19.6 Å². The van der Waals surface area contributed by atoms with Crippen molar-refractivity contribution in [1.29, 1.82) is 0 Å². The lowest BCUT2D eigenvalue weighted by Gasteiger charge is -2.01. The molecule has 1 atom stereocenters. The molecular weight excluding hydrogens is 234 g/mol. The number of benzene rings is 1. The Morgan fingerprint density at radius 2 is 2.12 bits per heavy atom. The van der Waals surface area contributed by atoms with Crippen molar-refractivity contribution < 1.29 is 13.5 Å². The van der Waals surface area contributed by atoms with Gasteiger partial charge >= 0.3 is 5.56 Å². The van der Waals surface area contributed by atoms with E-state index in [4.69, 9.17) is 0 Å². The average Bonchev–Trinajstić information content (AvgIpc) is 2.28. The summed E-state index contributed by atoms with van der Waals surface area (Å²) in [5, 5.41) is 7.52. The quantitative estimate of drug-likeness (QED) is 0.529. The Labute approximate surface area is 92.1 Å². The van der Waals surface area contributed by atoms with Gasteiger partial charge in [-0.2, -0.15) is 0 Å². The zero-order valence-electron chi connectivity index (χ0n) is 8.19. The molecule has 0 N–H and O–H groups in total. The molecule has 1 aromatic carbocycles. The standard InChI is InChI=1S/C8H7N3O4S/c1-16(13)15-14-11-8(12)6-4-2-3-5-7(6)9-10-11/h2-5H,1H3. The fourth-order valence-corrected chi connectivity index (χ4v) is 1.24. The highest BCUT2D eigenvalue weighted by atomic mass is 32.2. The molecule has 16 heavy (non-hydrogen) atoms. The molecule has 0 saturated carbocycles. The van der Waals surface area contributed by atoms with E-state index in [0.29, 0.717) is 15.7 Å². The number of nitrogens with zero attached hydrogens (tertiary/aromatic N) is 3. The van der Waals surface area contributed by atoms with Gasteiger partial charge in [-0.15, -0.1) is 5.10 Å². The second kappa shape index (κ2) is 4.37. The Bertz CT molecular complexity index is 597. The molecule has 8 heteroatoms. The van der Waals surface area contributed by atoms with Crippen molar-refractivity contribution in [3.63, 3.8) is 0 Å². The summed E-state index contributed by atoms with van der Waals surface area (Å²) in [6, 6.07) is 6.65. The molecule has 0 radical (unpaired) electrons. The predicted molar refractivity (Wildman–Crippen MR) is 55.5 cm³/mol. The van der Waals surface area contributed by atoms with Gasteiger partial charge in [-0.1, -0.05) is 16.5 Å². The molecule has 0 aliphatic carbocycles. The molecule has 84 valence electrons. The molecule has 0 amide bonds. The van der Waals surface area contributed by atoms with E-state index >= 15 is 0 Å². The van der Waals surface area contributed by atoms with Gasteiger partial charge < -0.3 is 0 Å². The minimum absolute atomic E-state index is 0.336. The summed E-state index contributed by atoms with van der Waals surface area (Å²) in [6.45, 7) is 0. The van der Waals surface area contributed by atoms with Gasteiger partial charge in [0.2, 0.25) is 0 Å². The largest absolute Gasteiger partial charge is 0.318 e. The molecule has 7 nitrogen and oxygen atoms in total. The minimum Gasteiger partial charge on any atom is -0.263 e. The molecule has 1 aromatic heterocycles. The van der Waals surface area contributed by atoms with Gasteiger partial charge in [0.25, 0.3) is 0 Å². The first-order valence-corrected chi connectivity index (χ1v) is 5.70. The van der Waals surface area contributed by atoms with Crippen molar-refractivity contribution >= 4 is 22.0 Å². The van der Waals surface area contributed by atoms with Crippen LogP contribution in [0.1, 0.15) is 0 Å². The van der Waals surface area contributed by atoms with Crippen molar-refractivity contribution in [2.45, 2.75) is 0 Å². The van der Waals surface area contributed by atoms with Crippen LogP contribution in [0.5, 0.6) is 0 Å². The molecule has 0 spiro atoms. The van der Waals surface area contributed by atoms with Crippen LogP contribution in [0.25, 0.3) is 10.9 Å². The second-order valence-corrected chi connectivity index (χ2v) is 3.77. The van der Waals surface area contributed by atoms with Gasteiger partial charge in [-0.25, -0.2) is 9.20 Å². The van der Waals surface area contributed by atoms with Crippen molar-refractivity contribution in [2.24, 2.45) is 0 Å². The zero-order chi connectivity index (χ0) is 11.5. The van der Waals surface area contributed by atoms with Crippen LogP contribution >= 0.6 is 0 Å². The average molecular weight is 241 g/mol. The number of aromatic nitrogens is 3. The lowest BCUT2D eigenvalue weighted by molar-refractivity contribution is -0.216. The van der Waals surface area contributed by atoms with E-state index in [1.54, 1.807) is 24.3 Å². The highest BCUT2D eigenvalue weighted by Crippen LogP contribution is 2.02. The van der Waals surface area contributed by atoms with Gasteiger partial charge in [-0.05, 0) is 17.3 Å². The third kappa shape index (κ3) is 2.07. The second-order valence-electron chi connectivity index (χ2n) is 2.83. The molecule has 0 saturated heterocycles. The molecule has 0 bridgehead atoms. The normalized spacial score (nSPS) is 12.6. The Balaban J connectivity index is 2.45. The number of hydrogen-bond acceptors (Lipinski definition) is 6.